The third kappa shape index (κ3) is 3.83. The molecule has 0 spiro atoms. The number of aryl methyl sites for hydroxylation is 1. The number of rotatable bonds is 3. The lowest BCUT2D eigenvalue weighted by Gasteiger charge is -2.20. The summed E-state index contributed by atoms with van der Waals surface area (Å²) < 4.78 is 0. The number of benzene rings is 1. The van der Waals surface area contributed by atoms with Crippen LogP contribution in [0.4, 0.5) is 0 Å². The molecule has 0 amide bonds. The van der Waals surface area contributed by atoms with E-state index in [1.165, 1.54) is 31.2 Å². The van der Waals surface area contributed by atoms with Crippen LogP contribution in [-0.2, 0) is 0 Å². The van der Waals surface area contributed by atoms with E-state index in [1.807, 2.05) is 12.1 Å². The van der Waals surface area contributed by atoms with Gasteiger partial charge >= 0.3 is 0 Å². The number of nitrogens with one attached hydrogen (secondary N) is 1. The van der Waals surface area contributed by atoms with E-state index in [9.17, 15) is 5.11 Å². The molecule has 0 aliphatic carbocycles. The highest BCUT2D eigenvalue weighted by Gasteiger charge is 2.16. The maximum atomic E-state index is 10.2. The summed E-state index contributed by atoms with van der Waals surface area (Å²) in [7, 11) is 0. The fraction of sp³-hybridized carbons (Fsp3) is 0.600. The molecule has 0 saturated carbocycles. The zero-order chi connectivity index (χ0) is 12.1. The van der Waals surface area contributed by atoms with Gasteiger partial charge < -0.3 is 10.4 Å². The highest BCUT2D eigenvalue weighted by molar-refractivity contribution is 5.23. The first-order chi connectivity index (χ1) is 8.25. The maximum Gasteiger partial charge on any atom is 0.0804 e. The van der Waals surface area contributed by atoms with Gasteiger partial charge in [0.05, 0.1) is 6.10 Å². The van der Waals surface area contributed by atoms with E-state index >= 15 is 0 Å². The summed E-state index contributed by atoms with van der Waals surface area (Å²) >= 11 is 0. The Bertz CT molecular complexity index is 325. The molecule has 1 aromatic carbocycles. The average Bonchev–Trinajstić information content (AvgIpc) is 2.58. The largest absolute Gasteiger partial charge is 0.388 e. The lowest BCUT2D eigenvalue weighted by molar-refractivity contribution is 0.150. The Kier molecular flexibility index (Phi) is 4.57. The van der Waals surface area contributed by atoms with Gasteiger partial charge in [-0.2, -0.15) is 0 Å². The Morgan fingerprint density at radius 2 is 2.00 bits per heavy atom. The topological polar surface area (TPSA) is 32.3 Å². The number of aliphatic hydroxyl groups excluding tert-OH is 1. The summed E-state index contributed by atoms with van der Waals surface area (Å²) in [5.41, 5.74) is 2.29. The molecule has 2 nitrogen and oxygen atoms in total. The molecule has 2 heteroatoms. The first-order valence-corrected chi connectivity index (χ1v) is 6.74. The average molecular weight is 233 g/mol. The highest BCUT2D eigenvalue weighted by atomic mass is 16.3. The Morgan fingerprint density at radius 1 is 1.24 bits per heavy atom. The second-order valence-electron chi connectivity index (χ2n) is 5.16. The smallest absolute Gasteiger partial charge is 0.0804 e. The minimum atomic E-state index is -0.328. The second kappa shape index (κ2) is 6.18. The number of hydrogen-bond acceptors (Lipinski definition) is 2. The van der Waals surface area contributed by atoms with Crippen LogP contribution in [-0.4, -0.2) is 17.7 Å². The van der Waals surface area contributed by atoms with Crippen molar-refractivity contribution in [3.05, 3.63) is 35.4 Å². The van der Waals surface area contributed by atoms with Gasteiger partial charge in [-0.1, -0.05) is 42.7 Å². The van der Waals surface area contributed by atoms with E-state index in [0.717, 1.165) is 18.5 Å². The Labute approximate surface area is 104 Å². The minimum Gasteiger partial charge on any atom is -0.388 e. The quantitative estimate of drug-likeness (QED) is 0.841. The van der Waals surface area contributed by atoms with Crippen LogP contribution in [0.1, 0.15) is 49.3 Å². The third-order valence-electron chi connectivity index (χ3n) is 3.63. The number of aliphatic hydroxyl groups is 1. The third-order valence-corrected chi connectivity index (χ3v) is 3.63. The van der Waals surface area contributed by atoms with E-state index in [2.05, 4.69) is 24.4 Å². The van der Waals surface area contributed by atoms with E-state index in [1.54, 1.807) is 0 Å². The van der Waals surface area contributed by atoms with Gasteiger partial charge in [0.25, 0.3) is 0 Å². The van der Waals surface area contributed by atoms with Crippen molar-refractivity contribution in [1.29, 1.82) is 0 Å². The van der Waals surface area contributed by atoms with Crippen molar-refractivity contribution < 1.29 is 5.11 Å². The van der Waals surface area contributed by atoms with E-state index in [4.69, 9.17) is 0 Å². The van der Waals surface area contributed by atoms with Crippen molar-refractivity contribution in [3.63, 3.8) is 0 Å². The summed E-state index contributed by atoms with van der Waals surface area (Å²) in [6.45, 7) is 3.17. The van der Waals surface area contributed by atoms with Crippen molar-refractivity contribution in [2.24, 2.45) is 0 Å². The van der Waals surface area contributed by atoms with Crippen molar-refractivity contribution >= 4 is 0 Å². The molecule has 1 fully saturated rings. The second-order valence-corrected chi connectivity index (χ2v) is 5.16. The van der Waals surface area contributed by atoms with E-state index in [0.29, 0.717) is 6.04 Å². The predicted octanol–water partition coefficient (Wildman–Crippen LogP) is 2.95. The van der Waals surface area contributed by atoms with Gasteiger partial charge in [0, 0.05) is 6.04 Å². The molecule has 1 aliphatic rings. The normalized spacial score (nSPS) is 23.1. The SMILES string of the molecule is Cc1ccc(C(O)CC2CCCCCN2)cc1. The lowest BCUT2D eigenvalue weighted by atomic mass is 9.98. The zero-order valence-electron chi connectivity index (χ0n) is 10.7. The van der Waals surface area contributed by atoms with E-state index < -0.39 is 0 Å². The Hall–Kier alpha value is -0.860. The minimum absolute atomic E-state index is 0.328. The molecular weight excluding hydrogens is 210 g/mol. The Balaban J connectivity index is 1.91. The molecule has 0 radical (unpaired) electrons. The fourth-order valence-electron chi connectivity index (χ4n) is 2.50. The molecule has 2 rings (SSSR count). The molecule has 1 aromatic rings. The molecule has 2 N–H and O–H groups in total. The van der Waals surface area contributed by atoms with Crippen LogP contribution < -0.4 is 5.32 Å². The molecule has 94 valence electrons. The van der Waals surface area contributed by atoms with Gasteiger partial charge in [-0.15, -0.1) is 0 Å². The lowest BCUT2D eigenvalue weighted by Crippen LogP contribution is -2.29. The summed E-state index contributed by atoms with van der Waals surface area (Å²) in [4.78, 5) is 0. The first kappa shape index (κ1) is 12.6. The van der Waals surface area contributed by atoms with Crippen molar-refractivity contribution in [1.82, 2.24) is 5.32 Å². The van der Waals surface area contributed by atoms with Crippen LogP contribution in [0.2, 0.25) is 0 Å². The van der Waals surface area contributed by atoms with Crippen molar-refractivity contribution in [2.75, 3.05) is 6.54 Å². The summed E-state index contributed by atoms with van der Waals surface area (Å²) in [5.74, 6) is 0. The monoisotopic (exact) mass is 233 g/mol. The predicted molar refractivity (Wildman–Crippen MR) is 71.0 cm³/mol. The van der Waals surface area contributed by atoms with Gasteiger partial charge in [-0.25, -0.2) is 0 Å². The molecule has 1 saturated heterocycles. The van der Waals surface area contributed by atoms with Crippen molar-refractivity contribution in [3.8, 4) is 0 Å². The van der Waals surface area contributed by atoms with Crippen molar-refractivity contribution in [2.45, 2.75) is 51.2 Å². The van der Waals surface area contributed by atoms with Gasteiger partial charge in [-0.3, -0.25) is 0 Å². The number of hydrogen-bond donors (Lipinski definition) is 2. The molecule has 1 heterocycles. The fourth-order valence-corrected chi connectivity index (χ4v) is 2.50. The standard InChI is InChI=1S/C15H23NO/c1-12-6-8-13(9-7-12)15(17)11-14-5-3-2-4-10-16-14/h6-9,14-17H,2-5,10-11H2,1H3. The van der Waals surface area contributed by atoms with Crippen LogP contribution >= 0.6 is 0 Å². The van der Waals surface area contributed by atoms with Crippen LogP contribution in [0.5, 0.6) is 0 Å². The molecule has 0 aromatic heterocycles. The highest BCUT2D eigenvalue weighted by Crippen LogP contribution is 2.22. The summed E-state index contributed by atoms with van der Waals surface area (Å²) in [6.07, 6.45) is 5.59. The zero-order valence-corrected chi connectivity index (χ0v) is 10.7. The van der Waals surface area contributed by atoms with Crippen LogP contribution in [0.15, 0.2) is 24.3 Å². The van der Waals surface area contributed by atoms with E-state index in [-0.39, 0.29) is 6.10 Å². The van der Waals surface area contributed by atoms with Gasteiger partial charge in [0.15, 0.2) is 0 Å². The van der Waals surface area contributed by atoms with Gasteiger partial charge in [0.2, 0.25) is 0 Å². The van der Waals surface area contributed by atoms with Gasteiger partial charge in [-0.05, 0) is 38.3 Å². The molecule has 0 bridgehead atoms. The maximum absolute atomic E-state index is 10.2. The first-order valence-electron chi connectivity index (χ1n) is 6.74. The van der Waals surface area contributed by atoms with Gasteiger partial charge in [0.1, 0.15) is 0 Å². The molecule has 2 atom stereocenters. The Morgan fingerprint density at radius 3 is 2.76 bits per heavy atom. The summed E-state index contributed by atoms with van der Waals surface area (Å²) in [5, 5.41) is 13.7. The van der Waals surface area contributed by atoms with Crippen LogP contribution in [0.3, 0.4) is 0 Å². The molecule has 17 heavy (non-hydrogen) atoms. The molecular formula is C15H23NO. The molecule has 1 aliphatic heterocycles. The summed E-state index contributed by atoms with van der Waals surface area (Å²) in [6, 6.07) is 8.69. The van der Waals surface area contributed by atoms with Crippen LogP contribution in [0.25, 0.3) is 0 Å². The molecule has 2 unspecified atom stereocenters. The van der Waals surface area contributed by atoms with Crippen LogP contribution in [0, 0.1) is 6.92 Å².